The smallest absolute Gasteiger partial charge is 0.311 e. The molecule has 0 radical (unpaired) electrons. The Kier molecular flexibility index (Phi) is 6.49. The molecule has 15 heavy (non-hydrogen) atoms. The minimum absolute atomic E-state index is 0.0689. The molecule has 0 aliphatic rings. The number of esters is 1. The molecule has 0 fully saturated rings. The van der Waals surface area contributed by atoms with E-state index in [1.807, 2.05) is 0 Å². The first-order chi connectivity index (χ1) is 7.02. The Balaban J connectivity index is 4.41. The molecule has 0 aromatic rings. The van der Waals surface area contributed by atoms with Gasteiger partial charge in [0.15, 0.2) is 6.30 Å². The van der Waals surface area contributed by atoms with Gasteiger partial charge in [-0.05, 0) is 13.8 Å². The van der Waals surface area contributed by atoms with Crippen LogP contribution in [0.3, 0.4) is 0 Å². The third kappa shape index (κ3) is 5.24. The zero-order valence-electron chi connectivity index (χ0n) is 9.71. The minimum atomic E-state index is -1.14. The predicted octanol–water partition coefficient (Wildman–Crippen LogP) is 1.25. The summed E-state index contributed by atoms with van der Waals surface area (Å²) in [5.41, 5.74) is 0.561. The molecule has 0 saturated heterocycles. The number of alkyl halides is 1. The number of hydrogen-bond acceptors (Lipinski definition) is 4. The van der Waals surface area contributed by atoms with Crippen LogP contribution in [-0.2, 0) is 9.53 Å². The highest BCUT2D eigenvalue weighted by Gasteiger charge is 2.14. The van der Waals surface area contributed by atoms with Gasteiger partial charge in [0.2, 0.25) is 0 Å². The Morgan fingerprint density at radius 1 is 1.67 bits per heavy atom. The van der Waals surface area contributed by atoms with Crippen LogP contribution < -0.4 is 5.32 Å². The standard InChI is InChI=1S/C10H19FN2O2/c1-5-15-10(14)6-9(7-12-3)13(4)8(2)11/h7-8,12H,5-6H2,1-4H3/b9-7-. The van der Waals surface area contributed by atoms with Crippen LogP contribution in [0, 0.1) is 0 Å². The molecule has 0 aliphatic heterocycles. The number of ether oxygens (including phenoxy) is 1. The lowest BCUT2D eigenvalue weighted by Crippen LogP contribution is -2.27. The first-order valence-electron chi connectivity index (χ1n) is 4.91. The largest absolute Gasteiger partial charge is 0.466 e. The zero-order valence-corrected chi connectivity index (χ0v) is 9.71. The summed E-state index contributed by atoms with van der Waals surface area (Å²) >= 11 is 0. The summed E-state index contributed by atoms with van der Waals surface area (Å²) in [6, 6.07) is 0. The summed E-state index contributed by atoms with van der Waals surface area (Å²) in [5.74, 6) is -0.355. The molecular weight excluding hydrogens is 199 g/mol. The Labute approximate surface area is 90.1 Å². The Morgan fingerprint density at radius 3 is 2.67 bits per heavy atom. The third-order valence-electron chi connectivity index (χ3n) is 1.93. The van der Waals surface area contributed by atoms with Gasteiger partial charge in [0.25, 0.3) is 0 Å². The lowest BCUT2D eigenvalue weighted by molar-refractivity contribution is -0.142. The van der Waals surface area contributed by atoms with Crippen LogP contribution in [0.2, 0.25) is 0 Å². The maximum absolute atomic E-state index is 13.0. The van der Waals surface area contributed by atoms with E-state index in [1.165, 1.54) is 11.8 Å². The van der Waals surface area contributed by atoms with Gasteiger partial charge in [-0.3, -0.25) is 4.79 Å². The van der Waals surface area contributed by atoms with E-state index in [9.17, 15) is 9.18 Å². The van der Waals surface area contributed by atoms with E-state index in [0.717, 1.165) is 0 Å². The first kappa shape index (κ1) is 13.7. The zero-order chi connectivity index (χ0) is 11.8. The predicted molar refractivity (Wildman–Crippen MR) is 56.7 cm³/mol. The van der Waals surface area contributed by atoms with Crippen molar-refractivity contribution in [2.24, 2.45) is 0 Å². The van der Waals surface area contributed by atoms with E-state index in [4.69, 9.17) is 4.74 Å². The van der Waals surface area contributed by atoms with Crippen LogP contribution in [0.15, 0.2) is 11.9 Å². The fourth-order valence-electron chi connectivity index (χ4n) is 1.03. The first-order valence-corrected chi connectivity index (χ1v) is 4.91. The summed E-state index contributed by atoms with van der Waals surface area (Å²) in [6.07, 6.45) is 0.519. The van der Waals surface area contributed by atoms with Crippen molar-refractivity contribution in [3.63, 3.8) is 0 Å². The molecular formula is C10H19FN2O2. The molecule has 5 heteroatoms. The lowest BCUT2D eigenvalue weighted by Gasteiger charge is -2.23. The minimum Gasteiger partial charge on any atom is -0.466 e. The summed E-state index contributed by atoms with van der Waals surface area (Å²) < 4.78 is 17.8. The van der Waals surface area contributed by atoms with Crippen molar-refractivity contribution in [1.82, 2.24) is 10.2 Å². The van der Waals surface area contributed by atoms with E-state index in [-0.39, 0.29) is 12.4 Å². The van der Waals surface area contributed by atoms with Crippen LogP contribution in [0.4, 0.5) is 4.39 Å². The highest BCUT2D eigenvalue weighted by Crippen LogP contribution is 2.11. The fourth-order valence-corrected chi connectivity index (χ4v) is 1.03. The van der Waals surface area contributed by atoms with E-state index < -0.39 is 6.30 Å². The Morgan fingerprint density at radius 2 is 2.27 bits per heavy atom. The van der Waals surface area contributed by atoms with Gasteiger partial charge in [0.1, 0.15) is 0 Å². The highest BCUT2D eigenvalue weighted by molar-refractivity contribution is 5.72. The quantitative estimate of drug-likeness (QED) is 0.538. The SMILES string of the molecule is CCOC(=O)C/C(=C/NC)N(C)C(C)F. The van der Waals surface area contributed by atoms with Gasteiger partial charge in [0, 0.05) is 26.0 Å². The van der Waals surface area contributed by atoms with Crippen molar-refractivity contribution in [2.75, 3.05) is 20.7 Å². The van der Waals surface area contributed by atoms with Crippen LogP contribution >= 0.6 is 0 Å². The summed E-state index contributed by atoms with van der Waals surface area (Å²) in [4.78, 5) is 12.6. The van der Waals surface area contributed by atoms with Crippen molar-refractivity contribution in [3.8, 4) is 0 Å². The maximum atomic E-state index is 13.0. The van der Waals surface area contributed by atoms with E-state index in [0.29, 0.717) is 12.3 Å². The topological polar surface area (TPSA) is 41.6 Å². The average Bonchev–Trinajstić information content (AvgIpc) is 2.16. The molecule has 0 aromatic heterocycles. The molecule has 1 atom stereocenters. The van der Waals surface area contributed by atoms with Crippen LogP contribution in [0.25, 0.3) is 0 Å². The molecule has 0 saturated carbocycles. The van der Waals surface area contributed by atoms with Gasteiger partial charge < -0.3 is 15.0 Å². The number of halogens is 1. The Bertz CT molecular complexity index is 229. The van der Waals surface area contributed by atoms with Crippen molar-refractivity contribution in [2.45, 2.75) is 26.6 Å². The number of rotatable bonds is 6. The second-order valence-corrected chi connectivity index (χ2v) is 3.09. The fraction of sp³-hybridized carbons (Fsp3) is 0.700. The Hall–Kier alpha value is -1.26. The van der Waals surface area contributed by atoms with Gasteiger partial charge in [-0.25, -0.2) is 4.39 Å². The molecule has 0 bridgehead atoms. The number of nitrogens with one attached hydrogen (secondary N) is 1. The molecule has 0 aromatic carbocycles. The van der Waals surface area contributed by atoms with Crippen molar-refractivity contribution in [3.05, 3.63) is 11.9 Å². The van der Waals surface area contributed by atoms with E-state index in [2.05, 4.69) is 5.32 Å². The lowest BCUT2D eigenvalue weighted by atomic mass is 10.3. The number of carbonyl (C=O) groups is 1. The normalized spacial score (nSPS) is 13.3. The number of carbonyl (C=O) groups excluding carboxylic acids is 1. The molecule has 0 rings (SSSR count). The highest BCUT2D eigenvalue weighted by atomic mass is 19.1. The van der Waals surface area contributed by atoms with Gasteiger partial charge >= 0.3 is 5.97 Å². The molecule has 1 N–H and O–H groups in total. The van der Waals surface area contributed by atoms with Crippen LogP contribution in [0.1, 0.15) is 20.3 Å². The molecule has 4 nitrogen and oxygen atoms in total. The second-order valence-electron chi connectivity index (χ2n) is 3.09. The van der Waals surface area contributed by atoms with E-state index in [1.54, 1.807) is 27.2 Å². The van der Waals surface area contributed by atoms with Crippen molar-refractivity contribution >= 4 is 5.97 Å². The average molecular weight is 218 g/mol. The van der Waals surface area contributed by atoms with Crippen molar-refractivity contribution < 1.29 is 13.9 Å². The van der Waals surface area contributed by atoms with Crippen LogP contribution in [0.5, 0.6) is 0 Å². The molecule has 0 amide bonds. The third-order valence-corrected chi connectivity index (χ3v) is 1.93. The van der Waals surface area contributed by atoms with Gasteiger partial charge in [-0.1, -0.05) is 0 Å². The second kappa shape index (κ2) is 7.09. The molecule has 88 valence electrons. The van der Waals surface area contributed by atoms with E-state index >= 15 is 0 Å². The maximum Gasteiger partial charge on any atom is 0.311 e. The van der Waals surface area contributed by atoms with Gasteiger partial charge in [0.05, 0.1) is 13.0 Å². The molecule has 0 aliphatic carbocycles. The summed E-state index contributed by atoms with van der Waals surface area (Å²) in [5, 5.41) is 2.77. The molecule has 0 heterocycles. The van der Waals surface area contributed by atoms with Gasteiger partial charge in [-0.15, -0.1) is 0 Å². The number of hydrogen-bond donors (Lipinski definition) is 1. The number of nitrogens with zero attached hydrogens (tertiary/aromatic N) is 1. The molecule has 1 unspecified atom stereocenters. The van der Waals surface area contributed by atoms with Crippen molar-refractivity contribution in [1.29, 1.82) is 0 Å². The van der Waals surface area contributed by atoms with Crippen LogP contribution in [-0.4, -0.2) is 37.9 Å². The van der Waals surface area contributed by atoms with Gasteiger partial charge in [-0.2, -0.15) is 0 Å². The monoisotopic (exact) mass is 218 g/mol. The molecule has 0 spiro atoms. The summed E-state index contributed by atoms with van der Waals surface area (Å²) in [6.45, 7) is 3.48. The summed E-state index contributed by atoms with van der Waals surface area (Å²) in [7, 11) is 3.29.